The Bertz CT molecular complexity index is 547. The van der Waals surface area contributed by atoms with Gasteiger partial charge in [0.2, 0.25) is 0 Å². The smallest absolute Gasteiger partial charge is 0.339 e. The number of esters is 1. The number of benzene rings is 1. The molecule has 0 amide bonds. The van der Waals surface area contributed by atoms with Gasteiger partial charge >= 0.3 is 5.97 Å². The number of rotatable bonds is 4. The minimum Gasteiger partial charge on any atom is -0.487 e. The molecule has 1 aromatic carbocycles. The van der Waals surface area contributed by atoms with Crippen LogP contribution >= 0.6 is 0 Å². The second kappa shape index (κ2) is 6.00. The predicted molar refractivity (Wildman–Crippen MR) is 71.1 cm³/mol. The van der Waals surface area contributed by atoms with Crippen molar-refractivity contribution in [1.82, 2.24) is 4.98 Å². The lowest BCUT2D eigenvalue weighted by atomic mass is 10.2. The topological polar surface area (TPSA) is 48.4 Å². The molecule has 1 aromatic heterocycles. The maximum absolute atomic E-state index is 11.2. The maximum Gasteiger partial charge on any atom is 0.339 e. The van der Waals surface area contributed by atoms with Gasteiger partial charge in [-0.25, -0.2) is 4.79 Å². The summed E-state index contributed by atoms with van der Waals surface area (Å²) in [5, 5.41) is 0. The molecule has 1 heterocycles. The van der Waals surface area contributed by atoms with E-state index in [9.17, 15) is 4.79 Å². The highest BCUT2D eigenvalue weighted by Gasteiger charge is 2.05. The summed E-state index contributed by atoms with van der Waals surface area (Å²) in [6.07, 6.45) is 1.49. The summed E-state index contributed by atoms with van der Waals surface area (Å²) in [6, 6.07) is 11.2. The third kappa shape index (κ3) is 3.55. The van der Waals surface area contributed by atoms with Crippen molar-refractivity contribution in [2.75, 3.05) is 7.11 Å². The Morgan fingerprint density at radius 2 is 1.89 bits per heavy atom. The number of pyridine rings is 1. The lowest BCUT2D eigenvalue weighted by Gasteiger charge is -2.06. The highest BCUT2D eigenvalue weighted by molar-refractivity contribution is 5.88. The van der Waals surface area contributed by atoms with Gasteiger partial charge in [0.1, 0.15) is 12.4 Å². The summed E-state index contributed by atoms with van der Waals surface area (Å²) in [5.74, 6) is 0.406. The van der Waals surface area contributed by atoms with Crippen LogP contribution < -0.4 is 4.74 Å². The molecule has 4 nitrogen and oxygen atoms in total. The SMILES string of the molecule is COC(=O)c1ccc(COc2ccc(C)cc2)nc1. The van der Waals surface area contributed by atoms with Crippen LogP contribution in [0.1, 0.15) is 21.6 Å². The van der Waals surface area contributed by atoms with Gasteiger partial charge in [-0.15, -0.1) is 0 Å². The van der Waals surface area contributed by atoms with E-state index in [0.717, 1.165) is 11.4 Å². The first-order valence-corrected chi connectivity index (χ1v) is 5.92. The van der Waals surface area contributed by atoms with Crippen LogP contribution in [0.15, 0.2) is 42.6 Å². The molecule has 0 unspecified atom stereocenters. The Labute approximate surface area is 112 Å². The number of nitrogens with zero attached hydrogens (tertiary/aromatic N) is 1. The average Bonchev–Trinajstić information content (AvgIpc) is 2.46. The summed E-state index contributed by atoms with van der Waals surface area (Å²) < 4.78 is 10.2. The highest BCUT2D eigenvalue weighted by Crippen LogP contribution is 2.13. The van der Waals surface area contributed by atoms with Crippen LogP contribution in [-0.4, -0.2) is 18.1 Å². The van der Waals surface area contributed by atoms with E-state index in [-0.39, 0.29) is 0 Å². The van der Waals surface area contributed by atoms with Gasteiger partial charge < -0.3 is 9.47 Å². The average molecular weight is 257 g/mol. The van der Waals surface area contributed by atoms with E-state index in [1.807, 2.05) is 31.2 Å². The van der Waals surface area contributed by atoms with Crippen molar-refractivity contribution in [2.24, 2.45) is 0 Å². The van der Waals surface area contributed by atoms with E-state index in [1.165, 1.54) is 18.9 Å². The number of ether oxygens (including phenoxy) is 2. The zero-order valence-electron chi connectivity index (χ0n) is 10.9. The fraction of sp³-hybridized carbons (Fsp3) is 0.200. The minimum atomic E-state index is -0.390. The van der Waals surface area contributed by atoms with Crippen LogP contribution in [0, 0.1) is 6.92 Å². The Morgan fingerprint density at radius 3 is 2.47 bits per heavy atom. The van der Waals surface area contributed by atoms with Gasteiger partial charge in [-0.2, -0.15) is 0 Å². The molecule has 0 fully saturated rings. The molecule has 0 bridgehead atoms. The Hall–Kier alpha value is -2.36. The zero-order valence-corrected chi connectivity index (χ0v) is 10.9. The summed E-state index contributed by atoms with van der Waals surface area (Å²) in [6.45, 7) is 2.39. The van der Waals surface area contributed by atoms with Gasteiger partial charge in [0.25, 0.3) is 0 Å². The number of hydrogen-bond acceptors (Lipinski definition) is 4. The van der Waals surface area contributed by atoms with Crippen molar-refractivity contribution < 1.29 is 14.3 Å². The molecule has 0 saturated carbocycles. The summed E-state index contributed by atoms with van der Waals surface area (Å²) >= 11 is 0. The third-order valence-corrected chi connectivity index (χ3v) is 2.65. The first-order valence-electron chi connectivity index (χ1n) is 5.92. The van der Waals surface area contributed by atoms with E-state index in [0.29, 0.717) is 12.2 Å². The van der Waals surface area contributed by atoms with Crippen LogP contribution in [0.4, 0.5) is 0 Å². The van der Waals surface area contributed by atoms with Gasteiger partial charge in [-0.05, 0) is 31.2 Å². The molecule has 0 radical (unpaired) electrons. The zero-order chi connectivity index (χ0) is 13.7. The van der Waals surface area contributed by atoms with E-state index in [2.05, 4.69) is 9.72 Å². The lowest BCUT2D eigenvalue weighted by Crippen LogP contribution is -2.04. The van der Waals surface area contributed by atoms with E-state index in [1.54, 1.807) is 12.1 Å². The molecular weight excluding hydrogens is 242 g/mol. The molecule has 0 saturated heterocycles. The fourth-order valence-electron chi connectivity index (χ4n) is 1.54. The molecule has 0 atom stereocenters. The minimum absolute atomic E-state index is 0.366. The molecule has 0 aliphatic carbocycles. The third-order valence-electron chi connectivity index (χ3n) is 2.65. The van der Waals surface area contributed by atoms with Crippen LogP contribution in [0.3, 0.4) is 0 Å². The van der Waals surface area contributed by atoms with Crippen molar-refractivity contribution in [3.63, 3.8) is 0 Å². The number of methoxy groups -OCH3 is 1. The molecule has 0 aliphatic rings. The van der Waals surface area contributed by atoms with Crippen molar-refractivity contribution in [3.05, 3.63) is 59.4 Å². The number of hydrogen-bond donors (Lipinski definition) is 0. The van der Waals surface area contributed by atoms with Gasteiger partial charge in [-0.1, -0.05) is 17.7 Å². The van der Waals surface area contributed by atoms with Gasteiger partial charge in [0.05, 0.1) is 18.4 Å². The van der Waals surface area contributed by atoms with Crippen molar-refractivity contribution in [2.45, 2.75) is 13.5 Å². The standard InChI is InChI=1S/C15H15NO3/c1-11-3-7-14(8-4-11)19-10-13-6-5-12(9-16-13)15(17)18-2/h3-9H,10H2,1-2H3. The first kappa shape index (κ1) is 13.1. The van der Waals surface area contributed by atoms with Gasteiger partial charge in [-0.3, -0.25) is 4.98 Å². The summed E-state index contributed by atoms with van der Waals surface area (Å²) in [5.41, 5.74) is 2.38. The number of aryl methyl sites for hydroxylation is 1. The second-order valence-corrected chi connectivity index (χ2v) is 4.13. The number of carbonyl (C=O) groups is 1. The highest BCUT2D eigenvalue weighted by atomic mass is 16.5. The summed E-state index contributed by atoms with van der Waals surface area (Å²) in [4.78, 5) is 15.4. The van der Waals surface area contributed by atoms with Crippen LogP contribution in [0.25, 0.3) is 0 Å². The molecule has 0 N–H and O–H groups in total. The first-order chi connectivity index (χ1) is 9.19. The second-order valence-electron chi connectivity index (χ2n) is 4.13. The molecule has 2 aromatic rings. The van der Waals surface area contributed by atoms with E-state index in [4.69, 9.17) is 4.74 Å². The predicted octanol–water partition coefficient (Wildman–Crippen LogP) is 2.76. The van der Waals surface area contributed by atoms with E-state index < -0.39 is 5.97 Å². The molecular formula is C15H15NO3. The lowest BCUT2D eigenvalue weighted by molar-refractivity contribution is 0.0600. The van der Waals surface area contributed by atoms with Crippen LogP contribution in [0.5, 0.6) is 5.75 Å². The van der Waals surface area contributed by atoms with Crippen molar-refractivity contribution >= 4 is 5.97 Å². The fourth-order valence-corrected chi connectivity index (χ4v) is 1.54. The normalized spacial score (nSPS) is 10.0. The largest absolute Gasteiger partial charge is 0.487 e. The van der Waals surface area contributed by atoms with Gasteiger partial charge in [0, 0.05) is 6.20 Å². The quantitative estimate of drug-likeness (QED) is 0.790. The Morgan fingerprint density at radius 1 is 1.16 bits per heavy atom. The number of aromatic nitrogens is 1. The molecule has 2 rings (SSSR count). The maximum atomic E-state index is 11.2. The van der Waals surface area contributed by atoms with Crippen molar-refractivity contribution in [3.8, 4) is 5.75 Å². The van der Waals surface area contributed by atoms with E-state index >= 15 is 0 Å². The Kier molecular flexibility index (Phi) is 4.13. The monoisotopic (exact) mass is 257 g/mol. The molecule has 98 valence electrons. The number of carbonyl (C=O) groups excluding carboxylic acids is 1. The molecule has 0 spiro atoms. The van der Waals surface area contributed by atoms with Crippen molar-refractivity contribution in [1.29, 1.82) is 0 Å². The molecule has 4 heteroatoms. The van der Waals surface area contributed by atoms with Gasteiger partial charge in [0.15, 0.2) is 0 Å². The Balaban J connectivity index is 1.96. The van der Waals surface area contributed by atoms with Crippen LogP contribution in [-0.2, 0) is 11.3 Å². The summed E-state index contributed by atoms with van der Waals surface area (Å²) in [7, 11) is 1.34. The van der Waals surface area contributed by atoms with Crippen LogP contribution in [0.2, 0.25) is 0 Å². The molecule has 19 heavy (non-hydrogen) atoms. The molecule has 0 aliphatic heterocycles.